The molecule has 2 heteroatoms. The molecule has 2 rings (SSSR count). The Morgan fingerprint density at radius 3 is 2.43 bits per heavy atom. The van der Waals surface area contributed by atoms with Gasteiger partial charge in [0.1, 0.15) is 5.60 Å². The number of fused-ring (bicyclic) bond motifs is 1. The van der Waals surface area contributed by atoms with E-state index in [9.17, 15) is 4.79 Å². The van der Waals surface area contributed by atoms with Crippen LogP contribution in [0.1, 0.15) is 47.0 Å². The van der Waals surface area contributed by atoms with Crippen molar-refractivity contribution in [3.63, 3.8) is 0 Å². The fourth-order valence-corrected chi connectivity index (χ4v) is 3.45. The summed E-state index contributed by atoms with van der Waals surface area (Å²) in [4.78, 5) is 11.0. The van der Waals surface area contributed by atoms with E-state index in [0.717, 1.165) is 12.3 Å². The highest BCUT2D eigenvalue weighted by Gasteiger charge is 2.69. The van der Waals surface area contributed by atoms with Crippen LogP contribution in [0.15, 0.2) is 0 Å². The third-order valence-electron chi connectivity index (χ3n) is 4.47. The molecule has 0 aromatic rings. The molecule has 0 radical (unpaired) electrons. The molecule has 2 nitrogen and oxygen atoms in total. The number of hydrogen-bond acceptors (Lipinski definition) is 2. The van der Waals surface area contributed by atoms with Gasteiger partial charge in [-0.25, -0.2) is 0 Å². The van der Waals surface area contributed by atoms with E-state index < -0.39 is 0 Å². The Balaban J connectivity index is 2.10. The lowest BCUT2D eigenvalue weighted by Crippen LogP contribution is -2.31. The molecule has 2 aliphatic carbocycles. The van der Waals surface area contributed by atoms with E-state index in [4.69, 9.17) is 4.74 Å². The summed E-state index contributed by atoms with van der Waals surface area (Å²) in [6.07, 6.45) is 3.54. The van der Waals surface area contributed by atoms with Crippen molar-refractivity contribution < 1.29 is 9.53 Å². The fraction of sp³-hybridized carbons (Fsp3) is 0.917. The number of rotatable bonds is 2. The van der Waals surface area contributed by atoms with Crippen molar-refractivity contribution in [3.8, 4) is 0 Å². The smallest absolute Gasteiger partial charge is 0.303 e. The van der Waals surface area contributed by atoms with Crippen molar-refractivity contribution in [2.24, 2.45) is 17.3 Å². The molecule has 0 amide bonds. The Labute approximate surface area is 86.0 Å². The van der Waals surface area contributed by atoms with Gasteiger partial charge in [0.05, 0.1) is 0 Å². The molecular formula is C12H20O2. The average molecular weight is 196 g/mol. The van der Waals surface area contributed by atoms with Crippen LogP contribution in [0.4, 0.5) is 0 Å². The number of hydrogen-bond donors (Lipinski definition) is 0. The van der Waals surface area contributed by atoms with Gasteiger partial charge in [0.2, 0.25) is 0 Å². The highest BCUT2D eigenvalue weighted by molar-refractivity contribution is 5.66. The molecule has 0 aliphatic heterocycles. The third kappa shape index (κ3) is 1.19. The van der Waals surface area contributed by atoms with E-state index in [1.807, 2.05) is 0 Å². The second-order valence-electron chi connectivity index (χ2n) is 5.55. The number of esters is 1. The van der Waals surface area contributed by atoms with Crippen LogP contribution in [0.3, 0.4) is 0 Å². The van der Waals surface area contributed by atoms with Gasteiger partial charge in [0.15, 0.2) is 0 Å². The summed E-state index contributed by atoms with van der Waals surface area (Å²) >= 11 is 0. The molecule has 14 heavy (non-hydrogen) atoms. The van der Waals surface area contributed by atoms with Crippen molar-refractivity contribution >= 4 is 5.97 Å². The van der Waals surface area contributed by atoms with Gasteiger partial charge < -0.3 is 4.74 Å². The van der Waals surface area contributed by atoms with Gasteiger partial charge in [-0.3, -0.25) is 4.79 Å². The quantitative estimate of drug-likeness (QED) is 0.635. The predicted molar refractivity (Wildman–Crippen MR) is 54.8 cm³/mol. The second kappa shape index (κ2) is 2.74. The molecule has 1 unspecified atom stereocenters. The van der Waals surface area contributed by atoms with Crippen LogP contribution in [0.25, 0.3) is 0 Å². The average Bonchev–Trinajstić information content (AvgIpc) is 2.70. The fourth-order valence-electron chi connectivity index (χ4n) is 3.45. The minimum atomic E-state index is -0.157. The summed E-state index contributed by atoms with van der Waals surface area (Å²) in [6, 6.07) is 0. The summed E-state index contributed by atoms with van der Waals surface area (Å²) in [6.45, 7) is 8.21. The summed E-state index contributed by atoms with van der Waals surface area (Å²) < 4.78 is 5.49. The molecular weight excluding hydrogens is 176 g/mol. The lowest BCUT2D eigenvalue weighted by molar-refractivity contribution is -0.156. The Morgan fingerprint density at radius 1 is 1.43 bits per heavy atom. The SMILES string of the molecule is CC(=O)OC1(C)CC[C@@]2(C(C)C)C[C@@H]12. The number of carbonyl (C=O) groups excluding carboxylic acids is 1. The van der Waals surface area contributed by atoms with Gasteiger partial charge in [-0.2, -0.15) is 0 Å². The first-order valence-electron chi connectivity index (χ1n) is 5.60. The van der Waals surface area contributed by atoms with Crippen molar-refractivity contribution in [1.29, 1.82) is 0 Å². The number of ether oxygens (including phenoxy) is 1. The van der Waals surface area contributed by atoms with Crippen LogP contribution >= 0.6 is 0 Å². The molecule has 2 aliphatic rings. The maximum Gasteiger partial charge on any atom is 0.303 e. The van der Waals surface area contributed by atoms with Gasteiger partial charge in [-0.1, -0.05) is 13.8 Å². The molecule has 3 atom stereocenters. The summed E-state index contributed by atoms with van der Waals surface area (Å²) in [5.74, 6) is 1.22. The first-order chi connectivity index (χ1) is 6.41. The van der Waals surface area contributed by atoms with Gasteiger partial charge in [-0.05, 0) is 37.5 Å². The van der Waals surface area contributed by atoms with E-state index in [-0.39, 0.29) is 11.6 Å². The molecule has 80 valence electrons. The van der Waals surface area contributed by atoms with Gasteiger partial charge >= 0.3 is 5.97 Å². The molecule has 0 aromatic carbocycles. The normalized spacial score (nSPS) is 45.1. The standard InChI is InChI=1S/C12H20O2/c1-8(2)12-6-5-11(4,10(12)7-12)14-9(3)13/h8,10H,5-7H2,1-4H3/t10-,11?,12-/m0/s1. The zero-order valence-electron chi connectivity index (χ0n) is 9.59. The second-order valence-corrected chi connectivity index (χ2v) is 5.55. The van der Waals surface area contributed by atoms with Crippen molar-refractivity contribution in [2.45, 2.75) is 52.6 Å². The highest BCUT2D eigenvalue weighted by Crippen LogP contribution is 2.71. The molecule has 2 fully saturated rings. The van der Waals surface area contributed by atoms with E-state index >= 15 is 0 Å². The van der Waals surface area contributed by atoms with Crippen molar-refractivity contribution in [1.82, 2.24) is 0 Å². The minimum absolute atomic E-state index is 0.126. The Morgan fingerprint density at radius 2 is 2.07 bits per heavy atom. The van der Waals surface area contributed by atoms with Crippen molar-refractivity contribution in [2.75, 3.05) is 0 Å². The largest absolute Gasteiger partial charge is 0.459 e. The molecule has 0 heterocycles. The van der Waals surface area contributed by atoms with Crippen LogP contribution in [0.2, 0.25) is 0 Å². The maximum absolute atomic E-state index is 11.0. The van der Waals surface area contributed by atoms with E-state index in [2.05, 4.69) is 20.8 Å². The van der Waals surface area contributed by atoms with Gasteiger partial charge in [0, 0.05) is 12.8 Å². The summed E-state index contributed by atoms with van der Waals surface area (Å²) in [5.41, 5.74) is 0.348. The molecule has 0 spiro atoms. The van der Waals surface area contributed by atoms with Crippen LogP contribution in [0, 0.1) is 17.3 Å². The molecule has 2 saturated carbocycles. The third-order valence-corrected chi connectivity index (χ3v) is 4.47. The Kier molecular flexibility index (Phi) is 1.96. The molecule has 0 saturated heterocycles. The lowest BCUT2D eigenvalue weighted by Gasteiger charge is -2.25. The van der Waals surface area contributed by atoms with Gasteiger partial charge in [-0.15, -0.1) is 0 Å². The first-order valence-corrected chi connectivity index (χ1v) is 5.60. The topological polar surface area (TPSA) is 26.3 Å². The van der Waals surface area contributed by atoms with E-state index in [0.29, 0.717) is 11.3 Å². The monoisotopic (exact) mass is 196 g/mol. The molecule has 0 aromatic heterocycles. The zero-order valence-corrected chi connectivity index (χ0v) is 9.59. The molecule has 0 N–H and O–H groups in total. The van der Waals surface area contributed by atoms with Crippen LogP contribution in [-0.4, -0.2) is 11.6 Å². The van der Waals surface area contributed by atoms with Crippen LogP contribution in [0.5, 0.6) is 0 Å². The van der Waals surface area contributed by atoms with Gasteiger partial charge in [0.25, 0.3) is 0 Å². The Hall–Kier alpha value is -0.530. The van der Waals surface area contributed by atoms with E-state index in [1.54, 1.807) is 0 Å². The summed E-state index contributed by atoms with van der Waals surface area (Å²) in [7, 11) is 0. The zero-order chi connectivity index (χ0) is 10.6. The highest BCUT2D eigenvalue weighted by atomic mass is 16.6. The van der Waals surface area contributed by atoms with Crippen LogP contribution in [-0.2, 0) is 9.53 Å². The minimum Gasteiger partial charge on any atom is -0.459 e. The first kappa shape index (κ1) is 10.0. The predicted octanol–water partition coefficient (Wildman–Crippen LogP) is 2.76. The maximum atomic E-state index is 11.0. The van der Waals surface area contributed by atoms with Crippen molar-refractivity contribution in [3.05, 3.63) is 0 Å². The summed E-state index contributed by atoms with van der Waals surface area (Å²) in [5, 5.41) is 0. The molecule has 0 bridgehead atoms. The van der Waals surface area contributed by atoms with E-state index in [1.165, 1.54) is 19.8 Å². The Bertz CT molecular complexity index is 271. The van der Waals surface area contributed by atoms with Crippen LogP contribution < -0.4 is 0 Å². The number of carbonyl (C=O) groups is 1. The lowest BCUT2D eigenvalue weighted by atomic mass is 9.90.